The van der Waals surface area contributed by atoms with Crippen LogP contribution in [-0.4, -0.2) is 47.5 Å². The number of aromatic nitrogens is 6. The Hall–Kier alpha value is -3.70. The van der Waals surface area contributed by atoms with Gasteiger partial charge in [0.1, 0.15) is 12.3 Å². The molecule has 0 aliphatic heterocycles. The number of benzene rings is 1. The van der Waals surface area contributed by atoms with E-state index in [0.29, 0.717) is 11.1 Å². The largest absolute Gasteiger partial charge is 0.491 e. The smallest absolute Gasteiger partial charge is 0.408 e. The van der Waals surface area contributed by atoms with Gasteiger partial charge in [-0.15, -0.1) is 5.10 Å². The van der Waals surface area contributed by atoms with E-state index in [-0.39, 0.29) is 29.0 Å². The number of halogens is 3. The minimum Gasteiger partial charge on any atom is -0.491 e. The Labute approximate surface area is 167 Å². The Bertz CT molecular complexity index is 1200. The first kappa shape index (κ1) is 19.6. The van der Waals surface area contributed by atoms with Gasteiger partial charge in [-0.3, -0.25) is 9.48 Å². The van der Waals surface area contributed by atoms with Crippen molar-refractivity contribution < 1.29 is 22.7 Å². The number of amides is 1. The van der Waals surface area contributed by atoms with Crippen LogP contribution in [0.15, 0.2) is 36.7 Å². The lowest BCUT2D eigenvalue weighted by Crippen LogP contribution is -2.19. The van der Waals surface area contributed by atoms with Crippen molar-refractivity contribution in [3.05, 3.63) is 42.5 Å². The van der Waals surface area contributed by atoms with Crippen molar-refractivity contribution in [2.45, 2.75) is 32.7 Å². The predicted molar refractivity (Wildman–Crippen MR) is 100 cm³/mol. The topological polar surface area (TPSA) is 99.2 Å². The first-order valence-electron chi connectivity index (χ1n) is 8.92. The first-order valence-corrected chi connectivity index (χ1v) is 8.92. The number of carbonyl (C=O) groups is 1. The first-order chi connectivity index (χ1) is 14.2. The zero-order valence-corrected chi connectivity index (χ0v) is 15.9. The van der Waals surface area contributed by atoms with Crippen LogP contribution >= 0.6 is 0 Å². The van der Waals surface area contributed by atoms with Gasteiger partial charge in [0.05, 0.1) is 11.6 Å². The number of nitrogens with zero attached hydrogens (tertiary/aromatic N) is 6. The standard InChI is InChI=1S/C18H16F3N7O2/c1-10(2)30-11-4-5-12-13(8-11)28(9-18(19,20)21)25-14(12)23-16(29)15-24-17-22-6-3-7-27(17)26-15/h3-8,10H,9H2,1-2H3,(H,23,25,29). The molecule has 3 heterocycles. The number of carbonyl (C=O) groups excluding carboxylic acids is 1. The van der Waals surface area contributed by atoms with Crippen molar-refractivity contribution in [2.24, 2.45) is 0 Å². The SMILES string of the molecule is CC(C)Oc1ccc2c(NC(=O)c3nc4ncccn4n3)nn(CC(F)(F)F)c2c1. The van der Waals surface area contributed by atoms with Crippen LogP contribution in [0.4, 0.5) is 19.0 Å². The molecule has 3 aromatic heterocycles. The molecule has 0 saturated heterocycles. The number of alkyl halides is 3. The molecular weight excluding hydrogens is 403 g/mol. The van der Waals surface area contributed by atoms with Gasteiger partial charge in [-0.05, 0) is 32.0 Å². The van der Waals surface area contributed by atoms with Crippen LogP contribution < -0.4 is 10.1 Å². The molecule has 0 bridgehead atoms. The van der Waals surface area contributed by atoms with Gasteiger partial charge in [0.25, 0.3) is 11.7 Å². The van der Waals surface area contributed by atoms with Crippen molar-refractivity contribution in [1.29, 1.82) is 0 Å². The molecule has 1 amide bonds. The number of ether oxygens (including phenoxy) is 1. The number of fused-ring (bicyclic) bond motifs is 2. The minimum absolute atomic E-state index is 0.0397. The summed E-state index contributed by atoms with van der Waals surface area (Å²) in [6, 6.07) is 6.22. The Balaban J connectivity index is 1.71. The maximum absolute atomic E-state index is 13.0. The van der Waals surface area contributed by atoms with Crippen molar-refractivity contribution in [2.75, 3.05) is 5.32 Å². The van der Waals surface area contributed by atoms with Gasteiger partial charge in [0, 0.05) is 23.8 Å². The van der Waals surface area contributed by atoms with Gasteiger partial charge < -0.3 is 10.1 Å². The number of anilines is 1. The third-order valence-electron chi connectivity index (χ3n) is 3.98. The number of hydrogen-bond acceptors (Lipinski definition) is 6. The monoisotopic (exact) mass is 419 g/mol. The molecule has 30 heavy (non-hydrogen) atoms. The van der Waals surface area contributed by atoms with E-state index >= 15 is 0 Å². The van der Waals surface area contributed by atoms with Crippen molar-refractivity contribution in [3.8, 4) is 5.75 Å². The molecule has 4 rings (SSSR count). The fraction of sp³-hybridized carbons (Fsp3) is 0.278. The van der Waals surface area contributed by atoms with E-state index in [1.165, 1.54) is 16.8 Å². The van der Waals surface area contributed by atoms with Gasteiger partial charge >= 0.3 is 6.18 Å². The highest BCUT2D eigenvalue weighted by Crippen LogP contribution is 2.30. The maximum Gasteiger partial charge on any atom is 0.408 e. The van der Waals surface area contributed by atoms with Crippen LogP contribution in [0.25, 0.3) is 16.7 Å². The molecule has 1 N–H and O–H groups in total. The fourth-order valence-electron chi connectivity index (χ4n) is 2.87. The predicted octanol–water partition coefficient (Wildman–Crippen LogP) is 3.08. The van der Waals surface area contributed by atoms with Crippen LogP contribution in [0.2, 0.25) is 0 Å². The van der Waals surface area contributed by atoms with Crippen molar-refractivity contribution in [1.82, 2.24) is 29.4 Å². The molecule has 0 unspecified atom stereocenters. The highest BCUT2D eigenvalue weighted by molar-refractivity contribution is 6.06. The second kappa shape index (κ2) is 7.28. The zero-order valence-electron chi connectivity index (χ0n) is 15.9. The number of nitrogens with one attached hydrogen (secondary N) is 1. The van der Waals surface area contributed by atoms with E-state index in [0.717, 1.165) is 4.68 Å². The van der Waals surface area contributed by atoms with E-state index < -0.39 is 18.6 Å². The maximum atomic E-state index is 13.0. The lowest BCUT2D eigenvalue weighted by Gasteiger charge is -2.11. The third kappa shape index (κ3) is 4.02. The van der Waals surface area contributed by atoms with Crippen molar-refractivity contribution in [3.63, 3.8) is 0 Å². The van der Waals surface area contributed by atoms with E-state index in [4.69, 9.17) is 4.74 Å². The van der Waals surface area contributed by atoms with Gasteiger partial charge in [0.2, 0.25) is 5.82 Å². The summed E-state index contributed by atoms with van der Waals surface area (Å²) in [5.74, 6) is -0.340. The van der Waals surface area contributed by atoms with Gasteiger partial charge in [-0.1, -0.05) is 0 Å². The van der Waals surface area contributed by atoms with Gasteiger partial charge in [-0.25, -0.2) is 9.50 Å². The van der Waals surface area contributed by atoms with Gasteiger partial charge in [0.15, 0.2) is 5.82 Å². The molecule has 4 aromatic rings. The highest BCUT2D eigenvalue weighted by atomic mass is 19.4. The molecule has 0 fully saturated rings. The summed E-state index contributed by atoms with van der Waals surface area (Å²) < 4.78 is 46.7. The molecule has 9 nitrogen and oxygen atoms in total. The molecule has 1 aromatic carbocycles. The second-order valence-electron chi connectivity index (χ2n) is 6.72. The van der Waals surface area contributed by atoms with Crippen LogP contribution in [0, 0.1) is 0 Å². The zero-order chi connectivity index (χ0) is 21.5. The third-order valence-corrected chi connectivity index (χ3v) is 3.98. The van der Waals surface area contributed by atoms with E-state index in [1.54, 1.807) is 38.2 Å². The molecule has 12 heteroatoms. The summed E-state index contributed by atoms with van der Waals surface area (Å²) in [6.07, 6.45) is -1.59. The summed E-state index contributed by atoms with van der Waals surface area (Å²) in [7, 11) is 0. The highest BCUT2D eigenvalue weighted by Gasteiger charge is 2.30. The van der Waals surface area contributed by atoms with Crippen LogP contribution in [-0.2, 0) is 6.54 Å². The molecule has 0 spiro atoms. The Morgan fingerprint density at radius 2 is 2.07 bits per heavy atom. The van der Waals surface area contributed by atoms with Crippen molar-refractivity contribution >= 4 is 28.4 Å². The molecular formula is C18H16F3N7O2. The summed E-state index contributed by atoms with van der Waals surface area (Å²) in [5.41, 5.74) is 0.172. The van der Waals surface area contributed by atoms with E-state index in [2.05, 4.69) is 25.5 Å². The average molecular weight is 419 g/mol. The van der Waals surface area contributed by atoms with E-state index in [9.17, 15) is 18.0 Å². The molecule has 0 radical (unpaired) electrons. The second-order valence-corrected chi connectivity index (χ2v) is 6.72. The molecule has 0 aliphatic carbocycles. The van der Waals surface area contributed by atoms with E-state index in [1.807, 2.05) is 0 Å². The Morgan fingerprint density at radius 1 is 1.27 bits per heavy atom. The summed E-state index contributed by atoms with van der Waals surface area (Å²) >= 11 is 0. The minimum atomic E-state index is -4.50. The van der Waals surface area contributed by atoms with Crippen LogP contribution in [0.3, 0.4) is 0 Å². The fourth-order valence-corrected chi connectivity index (χ4v) is 2.87. The average Bonchev–Trinajstić information content (AvgIpc) is 3.22. The lowest BCUT2D eigenvalue weighted by atomic mass is 10.2. The summed E-state index contributed by atoms with van der Waals surface area (Å²) in [6.45, 7) is 2.29. The Kier molecular flexibility index (Phi) is 4.76. The van der Waals surface area contributed by atoms with Crippen LogP contribution in [0.5, 0.6) is 5.75 Å². The lowest BCUT2D eigenvalue weighted by molar-refractivity contribution is -0.141. The quantitative estimate of drug-likeness (QED) is 0.534. The van der Waals surface area contributed by atoms with Crippen LogP contribution in [0.1, 0.15) is 24.5 Å². The Morgan fingerprint density at radius 3 is 2.77 bits per heavy atom. The molecule has 0 aliphatic rings. The van der Waals surface area contributed by atoms with Gasteiger partial charge in [-0.2, -0.15) is 23.3 Å². The molecule has 156 valence electrons. The normalized spacial score (nSPS) is 12.1. The number of rotatable bonds is 5. The summed E-state index contributed by atoms with van der Waals surface area (Å²) in [4.78, 5) is 20.5. The molecule has 0 atom stereocenters. The summed E-state index contributed by atoms with van der Waals surface area (Å²) in [5, 5.41) is 10.8. The molecule has 0 saturated carbocycles. The number of hydrogen-bond donors (Lipinski definition) is 1.